The Morgan fingerprint density at radius 1 is 0.345 bits per heavy atom. The number of anilines is 3. The van der Waals surface area contributed by atoms with Crippen LogP contribution < -0.4 is 4.90 Å². The van der Waals surface area contributed by atoms with Gasteiger partial charge in [0.25, 0.3) is 0 Å². The molecule has 272 valence electrons. The van der Waals surface area contributed by atoms with E-state index in [2.05, 4.69) is 199 Å². The minimum absolute atomic E-state index is 0.853. The molecule has 0 fully saturated rings. The Labute approximate surface area is 338 Å². The molecule has 9 aromatic carbocycles. The molecular weight excluding hydrogens is 727 g/mol. The van der Waals surface area contributed by atoms with Gasteiger partial charge in [0.2, 0.25) is 0 Å². The van der Waals surface area contributed by atoms with Gasteiger partial charge < -0.3 is 13.7 Å². The molecule has 0 aliphatic heterocycles. The SMILES string of the molecule is c1ccc(-c2ccc3c(c2)oc2ccc(N(c4ccc5c(c4)sc4ccccc45)c4ccc(-c5ccccc5)c5oc6cc(-c7ccccc7)ccc6c45)cc23)cc1. The first-order chi connectivity index (χ1) is 28.7. The van der Waals surface area contributed by atoms with Gasteiger partial charge in [0.1, 0.15) is 22.3 Å². The van der Waals surface area contributed by atoms with Gasteiger partial charge >= 0.3 is 0 Å². The van der Waals surface area contributed by atoms with Crippen molar-refractivity contribution in [3.05, 3.63) is 200 Å². The molecule has 0 spiro atoms. The third-order valence-corrected chi connectivity index (χ3v) is 12.6. The molecule has 0 N–H and O–H groups in total. The number of thiophene rings is 1. The zero-order valence-corrected chi connectivity index (χ0v) is 32.0. The van der Waals surface area contributed by atoms with Crippen molar-refractivity contribution in [1.29, 1.82) is 0 Å². The average Bonchev–Trinajstić information content (AvgIpc) is 3.98. The minimum Gasteiger partial charge on any atom is -0.456 e. The molecule has 0 radical (unpaired) electrons. The van der Waals surface area contributed by atoms with Crippen molar-refractivity contribution in [2.24, 2.45) is 0 Å². The van der Waals surface area contributed by atoms with Gasteiger partial charge in [-0.15, -0.1) is 11.3 Å². The van der Waals surface area contributed by atoms with E-state index < -0.39 is 0 Å². The summed E-state index contributed by atoms with van der Waals surface area (Å²) in [6.45, 7) is 0. The van der Waals surface area contributed by atoms with Crippen molar-refractivity contribution < 1.29 is 8.83 Å². The van der Waals surface area contributed by atoms with E-state index in [1.807, 2.05) is 17.4 Å². The van der Waals surface area contributed by atoms with Crippen molar-refractivity contribution in [3.63, 3.8) is 0 Å². The van der Waals surface area contributed by atoms with Gasteiger partial charge in [-0.1, -0.05) is 127 Å². The Bertz CT molecular complexity index is 3510. The largest absolute Gasteiger partial charge is 0.456 e. The molecule has 0 aliphatic carbocycles. The summed E-state index contributed by atoms with van der Waals surface area (Å²) < 4.78 is 16.1. The summed E-state index contributed by atoms with van der Waals surface area (Å²) in [4.78, 5) is 2.40. The van der Waals surface area contributed by atoms with E-state index in [1.54, 1.807) is 0 Å². The molecule has 0 aliphatic rings. The van der Waals surface area contributed by atoms with Gasteiger partial charge in [-0.25, -0.2) is 0 Å². The lowest BCUT2D eigenvalue weighted by atomic mass is 9.98. The lowest BCUT2D eigenvalue weighted by molar-refractivity contribution is 0.669. The monoisotopic (exact) mass is 759 g/mol. The Balaban J connectivity index is 1.12. The van der Waals surface area contributed by atoms with Crippen LogP contribution in [0.15, 0.2) is 209 Å². The van der Waals surface area contributed by atoms with E-state index in [0.29, 0.717) is 0 Å². The molecule has 0 amide bonds. The maximum Gasteiger partial charge on any atom is 0.145 e. The van der Waals surface area contributed by atoms with Gasteiger partial charge in [0.05, 0.1) is 11.1 Å². The molecule has 0 bridgehead atoms. The highest BCUT2D eigenvalue weighted by Gasteiger charge is 2.24. The van der Waals surface area contributed by atoms with Crippen molar-refractivity contribution in [3.8, 4) is 33.4 Å². The Morgan fingerprint density at radius 3 is 1.67 bits per heavy atom. The topological polar surface area (TPSA) is 29.5 Å². The number of benzene rings is 9. The van der Waals surface area contributed by atoms with Gasteiger partial charge in [0, 0.05) is 53.3 Å². The van der Waals surface area contributed by atoms with Crippen LogP contribution in [0.3, 0.4) is 0 Å². The smallest absolute Gasteiger partial charge is 0.145 e. The van der Waals surface area contributed by atoms with Gasteiger partial charge in [0.15, 0.2) is 0 Å². The van der Waals surface area contributed by atoms with Crippen LogP contribution in [0.25, 0.3) is 97.4 Å². The van der Waals surface area contributed by atoms with Crippen LogP contribution in [0, 0.1) is 0 Å². The van der Waals surface area contributed by atoms with Crippen LogP contribution in [0.4, 0.5) is 17.1 Å². The summed E-state index contributed by atoms with van der Waals surface area (Å²) in [7, 11) is 0. The summed E-state index contributed by atoms with van der Waals surface area (Å²) in [6.07, 6.45) is 0. The molecule has 0 unspecified atom stereocenters. The molecule has 3 aromatic heterocycles. The molecule has 0 saturated carbocycles. The summed E-state index contributed by atoms with van der Waals surface area (Å²) >= 11 is 1.84. The summed E-state index contributed by atoms with van der Waals surface area (Å²) in [5.41, 5.74) is 13.3. The highest BCUT2D eigenvalue weighted by atomic mass is 32.1. The molecule has 0 saturated heterocycles. The van der Waals surface area contributed by atoms with Crippen molar-refractivity contribution in [2.75, 3.05) is 4.90 Å². The third-order valence-electron chi connectivity index (χ3n) is 11.5. The van der Waals surface area contributed by atoms with Crippen molar-refractivity contribution in [1.82, 2.24) is 0 Å². The first-order valence-corrected chi connectivity index (χ1v) is 20.4. The van der Waals surface area contributed by atoms with Crippen LogP contribution in [0.2, 0.25) is 0 Å². The lowest BCUT2D eigenvalue weighted by Crippen LogP contribution is -2.10. The van der Waals surface area contributed by atoms with E-state index in [4.69, 9.17) is 8.83 Å². The fraction of sp³-hybridized carbons (Fsp3) is 0. The quantitative estimate of drug-likeness (QED) is 0.169. The van der Waals surface area contributed by atoms with Crippen LogP contribution in [0.5, 0.6) is 0 Å². The van der Waals surface area contributed by atoms with Crippen molar-refractivity contribution >= 4 is 92.4 Å². The second kappa shape index (κ2) is 13.1. The fourth-order valence-corrected chi connectivity index (χ4v) is 9.84. The molecule has 0 atom stereocenters. The molecule has 4 heteroatoms. The predicted molar refractivity (Wildman–Crippen MR) is 245 cm³/mol. The number of hydrogen-bond donors (Lipinski definition) is 0. The van der Waals surface area contributed by atoms with Gasteiger partial charge in [-0.05, 0) is 101 Å². The Hall–Kier alpha value is -7.40. The van der Waals surface area contributed by atoms with Gasteiger partial charge in [-0.2, -0.15) is 0 Å². The highest BCUT2D eigenvalue weighted by molar-refractivity contribution is 7.25. The lowest BCUT2D eigenvalue weighted by Gasteiger charge is -2.27. The Kier molecular flexibility index (Phi) is 7.40. The van der Waals surface area contributed by atoms with Crippen LogP contribution in [0.1, 0.15) is 0 Å². The Morgan fingerprint density at radius 2 is 0.931 bits per heavy atom. The first kappa shape index (κ1) is 32.8. The standard InChI is InChI=1S/C54H33NO2S/c1-4-12-34(13-5-1)37-20-24-42-46-32-39(23-29-48(46)56-49(42)30-37)55(40-22-26-44-43-18-10-11-19-51(43)58-52(44)33-40)47-28-27-41(36-16-8-3-9-17-36)54-53(47)45-25-21-38(31-50(45)57-54)35-14-6-2-7-15-35/h1-33H. The second-order valence-electron chi connectivity index (χ2n) is 14.9. The number of hydrogen-bond acceptors (Lipinski definition) is 4. The highest BCUT2D eigenvalue weighted by Crippen LogP contribution is 2.49. The van der Waals surface area contributed by atoms with Gasteiger partial charge in [-0.3, -0.25) is 0 Å². The number of rotatable bonds is 6. The molecule has 12 aromatic rings. The van der Waals surface area contributed by atoms with E-state index >= 15 is 0 Å². The summed E-state index contributed by atoms with van der Waals surface area (Å²) in [5, 5.41) is 6.84. The van der Waals surface area contributed by atoms with Crippen molar-refractivity contribution in [2.45, 2.75) is 0 Å². The molecular formula is C54H33NO2S. The number of fused-ring (bicyclic) bond motifs is 9. The third kappa shape index (κ3) is 5.27. The average molecular weight is 760 g/mol. The number of furan rings is 2. The maximum atomic E-state index is 7.00. The summed E-state index contributed by atoms with van der Waals surface area (Å²) in [5.74, 6) is 0. The fourth-order valence-electron chi connectivity index (χ4n) is 8.70. The van der Waals surface area contributed by atoms with Crippen LogP contribution >= 0.6 is 11.3 Å². The van der Waals surface area contributed by atoms with E-state index in [9.17, 15) is 0 Å². The van der Waals surface area contributed by atoms with Crippen LogP contribution in [-0.2, 0) is 0 Å². The molecule has 58 heavy (non-hydrogen) atoms. The maximum absolute atomic E-state index is 7.00. The number of nitrogens with zero attached hydrogens (tertiary/aromatic N) is 1. The second-order valence-corrected chi connectivity index (χ2v) is 15.9. The summed E-state index contributed by atoms with van der Waals surface area (Å²) in [6, 6.07) is 71.3. The van der Waals surface area contributed by atoms with E-state index in [0.717, 1.165) is 88.8 Å². The van der Waals surface area contributed by atoms with E-state index in [-0.39, 0.29) is 0 Å². The zero-order valence-electron chi connectivity index (χ0n) is 31.2. The zero-order chi connectivity index (χ0) is 38.2. The molecule has 3 nitrogen and oxygen atoms in total. The molecule has 3 heterocycles. The normalized spacial score (nSPS) is 11.8. The first-order valence-electron chi connectivity index (χ1n) is 19.6. The predicted octanol–water partition coefficient (Wildman–Crippen LogP) is 16.3. The molecule has 12 rings (SSSR count). The minimum atomic E-state index is 0.853. The van der Waals surface area contributed by atoms with E-state index in [1.165, 1.54) is 25.7 Å². The van der Waals surface area contributed by atoms with Crippen LogP contribution in [-0.4, -0.2) is 0 Å².